The number of nitrogens with zero attached hydrogens (tertiary/aromatic N) is 2. The summed E-state index contributed by atoms with van der Waals surface area (Å²) in [6.45, 7) is 8.60. The zero-order valence-corrected chi connectivity index (χ0v) is 16.4. The van der Waals surface area contributed by atoms with E-state index in [-0.39, 0.29) is 5.60 Å². The van der Waals surface area contributed by atoms with Crippen molar-refractivity contribution in [2.75, 3.05) is 64.0 Å². The van der Waals surface area contributed by atoms with Crippen LogP contribution in [-0.4, -0.2) is 75.6 Å². The number of rotatable bonds is 2. The van der Waals surface area contributed by atoms with E-state index >= 15 is 0 Å². The fourth-order valence-electron chi connectivity index (χ4n) is 5.39. The van der Waals surface area contributed by atoms with E-state index in [1.807, 2.05) is 0 Å². The first kappa shape index (κ1) is 17.9. The van der Waals surface area contributed by atoms with Crippen LogP contribution in [0.1, 0.15) is 30.4 Å². The van der Waals surface area contributed by atoms with Crippen LogP contribution in [-0.2, 0) is 22.3 Å². The molecule has 148 valence electrons. The van der Waals surface area contributed by atoms with Crippen LogP contribution < -0.4 is 10.2 Å². The van der Waals surface area contributed by atoms with Gasteiger partial charge < -0.3 is 19.7 Å². The summed E-state index contributed by atoms with van der Waals surface area (Å²) in [6.07, 6.45) is 6.38. The van der Waals surface area contributed by atoms with E-state index in [0.29, 0.717) is 6.04 Å². The van der Waals surface area contributed by atoms with Crippen molar-refractivity contribution in [3.63, 3.8) is 0 Å². The van der Waals surface area contributed by atoms with E-state index in [4.69, 9.17) is 9.47 Å². The van der Waals surface area contributed by atoms with E-state index in [1.165, 1.54) is 50.9 Å². The molecule has 0 saturated carbocycles. The highest BCUT2D eigenvalue weighted by Crippen LogP contribution is 2.30. The van der Waals surface area contributed by atoms with Gasteiger partial charge in [0.05, 0.1) is 19.8 Å². The van der Waals surface area contributed by atoms with Crippen molar-refractivity contribution in [3.8, 4) is 0 Å². The molecule has 5 nitrogen and oxygen atoms in total. The lowest BCUT2D eigenvalue weighted by atomic mass is 9.96. The van der Waals surface area contributed by atoms with Crippen molar-refractivity contribution in [2.45, 2.75) is 43.7 Å². The van der Waals surface area contributed by atoms with Gasteiger partial charge in [0, 0.05) is 51.0 Å². The standard InChI is InChI=1S/C22H33N3O2/c1-2-18-4-5-21(14-19(18)3-1)24-9-6-20(7-10-24)25-11-13-27-22(16-25)15-23-8-12-26-17-22/h4-5,14,20,23H,1-3,6-13,15-17H2/t22-/m0/s1. The van der Waals surface area contributed by atoms with Crippen LogP contribution in [0.25, 0.3) is 0 Å². The third-order valence-electron chi connectivity index (χ3n) is 6.94. The second-order valence-corrected chi connectivity index (χ2v) is 8.76. The van der Waals surface area contributed by atoms with E-state index in [2.05, 4.69) is 33.3 Å². The number of hydrogen-bond donors (Lipinski definition) is 1. The number of morpholine rings is 1. The first-order valence-electron chi connectivity index (χ1n) is 10.8. The maximum Gasteiger partial charge on any atom is 0.116 e. The van der Waals surface area contributed by atoms with Crippen molar-refractivity contribution in [2.24, 2.45) is 0 Å². The van der Waals surface area contributed by atoms with E-state index < -0.39 is 0 Å². The Morgan fingerprint density at radius 1 is 1.04 bits per heavy atom. The van der Waals surface area contributed by atoms with Crippen LogP contribution in [0, 0.1) is 0 Å². The molecule has 0 bridgehead atoms. The molecule has 0 amide bonds. The maximum atomic E-state index is 6.20. The molecule has 27 heavy (non-hydrogen) atoms. The number of fused-ring (bicyclic) bond motifs is 1. The highest BCUT2D eigenvalue weighted by Gasteiger charge is 2.40. The molecule has 1 N–H and O–H groups in total. The van der Waals surface area contributed by atoms with Crippen LogP contribution in [0.15, 0.2) is 18.2 Å². The Hall–Kier alpha value is -1.14. The molecule has 1 spiro atoms. The van der Waals surface area contributed by atoms with Gasteiger partial charge in [0.25, 0.3) is 0 Å². The quantitative estimate of drug-likeness (QED) is 0.859. The second kappa shape index (κ2) is 7.70. The molecule has 5 rings (SSSR count). The normalized spacial score (nSPS) is 30.4. The van der Waals surface area contributed by atoms with Crippen LogP contribution >= 0.6 is 0 Å². The Labute approximate surface area is 163 Å². The summed E-state index contributed by atoms with van der Waals surface area (Å²) in [7, 11) is 0. The minimum Gasteiger partial charge on any atom is -0.377 e. The van der Waals surface area contributed by atoms with E-state index in [1.54, 1.807) is 11.1 Å². The minimum absolute atomic E-state index is 0.147. The topological polar surface area (TPSA) is 37.0 Å². The molecule has 1 aromatic rings. The SMILES string of the molecule is c1cc2c(cc1N1CCC(N3CCO[C@@]4(CNCCOC4)C3)CC1)CCC2. The molecule has 3 aliphatic heterocycles. The van der Waals surface area contributed by atoms with Crippen molar-refractivity contribution in [1.29, 1.82) is 0 Å². The Bertz CT molecular complexity index is 649. The Kier molecular flexibility index (Phi) is 5.11. The van der Waals surface area contributed by atoms with Gasteiger partial charge >= 0.3 is 0 Å². The number of hydrogen-bond acceptors (Lipinski definition) is 5. The lowest BCUT2D eigenvalue weighted by Crippen LogP contribution is -2.61. The van der Waals surface area contributed by atoms with Crippen molar-refractivity contribution >= 4 is 5.69 Å². The first-order valence-corrected chi connectivity index (χ1v) is 10.8. The summed E-state index contributed by atoms with van der Waals surface area (Å²) in [5, 5.41) is 3.50. The van der Waals surface area contributed by atoms with Crippen molar-refractivity contribution < 1.29 is 9.47 Å². The predicted octanol–water partition coefficient (Wildman–Crippen LogP) is 1.83. The summed E-state index contributed by atoms with van der Waals surface area (Å²) >= 11 is 0. The predicted molar refractivity (Wildman–Crippen MR) is 108 cm³/mol. The average Bonchev–Trinajstić information content (AvgIpc) is 3.08. The van der Waals surface area contributed by atoms with Crippen LogP contribution in [0.4, 0.5) is 5.69 Å². The molecule has 3 fully saturated rings. The summed E-state index contributed by atoms with van der Waals surface area (Å²) in [5.74, 6) is 0. The van der Waals surface area contributed by atoms with E-state index in [0.717, 1.165) is 46.0 Å². The summed E-state index contributed by atoms with van der Waals surface area (Å²) in [6, 6.07) is 7.86. The van der Waals surface area contributed by atoms with E-state index in [9.17, 15) is 0 Å². The van der Waals surface area contributed by atoms with Crippen molar-refractivity contribution in [1.82, 2.24) is 10.2 Å². The Morgan fingerprint density at radius 3 is 2.85 bits per heavy atom. The molecule has 5 heteroatoms. The molecule has 3 heterocycles. The number of aryl methyl sites for hydroxylation is 2. The third kappa shape index (κ3) is 3.75. The van der Waals surface area contributed by atoms with Gasteiger partial charge in [-0.15, -0.1) is 0 Å². The van der Waals surface area contributed by atoms with Crippen LogP contribution in [0.2, 0.25) is 0 Å². The Morgan fingerprint density at radius 2 is 1.93 bits per heavy atom. The second-order valence-electron chi connectivity index (χ2n) is 8.76. The lowest BCUT2D eigenvalue weighted by Gasteiger charge is -2.47. The maximum absolute atomic E-state index is 6.20. The van der Waals surface area contributed by atoms with Gasteiger partial charge in [0.2, 0.25) is 0 Å². The lowest BCUT2D eigenvalue weighted by molar-refractivity contribution is -0.142. The number of piperidine rings is 1. The summed E-state index contributed by atoms with van der Waals surface area (Å²) in [4.78, 5) is 5.28. The van der Waals surface area contributed by atoms with Gasteiger partial charge in [-0.05, 0) is 55.4 Å². The summed E-state index contributed by atoms with van der Waals surface area (Å²) < 4.78 is 12.0. The molecular formula is C22H33N3O2. The zero-order chi connectivity index (χ0) is 18.1. The first-order chi connectivity index (χ1) is 13.3. The molecule has 1 aromatic carbocycles. The molecular weight excluding hydrogens is 338 g/mol. The van der Waals surface area contributed by atoms with Gasteiger partial charge in [0.15, 0.2) is 0 Å². The van der Waals surface area contributed by atoms with Gasteiger partial charge in [-0.1, -0.05) is 6.07 Å². The molecule has 1 atom stereocenters. The monoisotopic (exact) mass is 371 g/mol. The molecule has 3 saturated heterocycles. The molecule has 4 aliphatic rings. The number of nitrogens with one attached hydrogen (secondary N) is 1. The smallest absolute Gasteiger partial charge is 0.116 e. The fourth-order valence-corrected chi connectivity index (χ4v) is 5.39. The zero-order valence-electron chi connectivity index (χ0n) is 16.4. The average molecular weight is 372 g/mol. The largest absolute Gasteiger partial charge is 0.377 e. The molecule has 0 unspecified atom stereocenters. The number of anilines is 1. The number of benzene rings is 1. The molecule has 0 radical (unpaired) electrons. The molecule has 1 aliphatic carbocycles. The molecule has 0 aromatic heterocycles. The van der Waals surface area contributed by atoms with Gasteiger partial charge in [-0.3, -0.25) is 4.90 Å². The van der Waals surface area contributed by atoms with Crippen LogP contribution in [0.3, 0.4) is 0 Å². The van der Waals surface area contributed by atoms with Crippen molar-refractivity contribution in [3.05, 3.63) is 29.3 Å². The van der Waals surface area contributed by atoms with Gasteiger partial charge in [-0.25, -0.2) is 0 Å². The van der Waals surface area contributed by atoms with Gasteiger partial charge in [-0.2, -0.15) is 0 Å². The number of ether oxygens (including phenoxy) is 2. The third-order valence-corrected chi connectivity index (χ3v) is 6.94. The highest BCUT2D eigenvalue weighted by atomic mass is 16.5. The minimum atomic E-state index is -0.147. The highest BCUT2D eigenvalue weighted by molar-refractivity contribution is 5.52. The summed E-state index contributed by atoms with van der Waals surface area (Å²) in [5.41, 5.74) is 4.46. The van der Waals surface area contributed by atoms with Crippen LogP contribution in [0.5, 0.6) is 0 Å². The van der Waals surface area contributed by atoms with Gasteiger partial charge in [0.1, 0.15) is 5.60 Å². The Balaban J connectivity index is 1.20. The fraction of sp³-hybridized carbons (Fsp3) is 0.727.